The highest BCUT2D eigenvalue weighted by Crippen LogP contribution is 2.36. The number of nitrogens with zero attached hydrogens (tertiary/aromatic N) is 4. The molecular formula is C28H41N7O. The van der Waals surface area contributed by atoms with Gasteiger partial charge in [-0.3, -0.25) is 4.79 Å². The third kappa shape index (κ3) is 5.64. The van der Waals surface area contributed by atoms with E-state index in [1.54, 1.807) is 25.1 Å². The highest BCUT2D eigenvalue weighted by Gasteiger charge is 2.28. The minimum atomic E-state index is -0.0619. The van der Waals surface area contributed by atoms with Crippen molar-refractivity contribution >= 4 is 23.8 Å². The molecule has 0 radical (unpaired) electrons. The van der Waals surface area contributed by atoms with Gasteiger partial charge >= 0.3 is 0 Å². The smallest absolute Gasteiger partial charge is 0.270 e. The summed E-state index contributed by atoms with van der Waals surface area (Å²) in [5, 5.41) is 14.6. The van der Waals surface area contributed by atoms with Crippen LogP contribution in [0.5, 0.6) is 0 Å². The molecule has 0 aromatic carbocycles. The minimum absolute atomic E-state index is 0.0619. The normalized spacial score (nSPS) is 17.4. The Balaban J connectivity index is 1.47. The van der Waals surface area contributed by atoms with E-state index in [4.69, 9.17) is 5.41 Å². The molecule has 2 aliphatic rings. The summed E-state index contributed by atoms with van der Waals surface area (Å²) < 4.78 is 2.07. The number of piperidine rings is 1. The van der Waals surface area contributed by atoms with Gasteiger partial charge in [-0.05, 0) is 76.2 Å². The Morgan fingerprint density at radius 3 is 2.42 bits per heavy atom. The van der Waals surface area contributed by atoms with Crippen LogP contribution in [-0.2, 0) is 0 Å². The van der Waals surface area contributed by atoms with Gasteiger partial charge in [-0.25, -0.2) is 4.98 Å². The first-order valence-electron chi connectivity index (χ1n) is 13.2. The van der Waals surface area contributed by atoms with Gasteiger partial charge in [0.1, 0.15) is 23.2 Å². The number of carbonyl (C=O) groups is 1. The molecule has 1 aliphatic carbocycles. The first-order chi connectivity index (χ1) is 17.3. The quantitative estimate of drug-likeness (QED) is 0.415. The molecule has 0 spiro atoms. The van der Waals surface area contributed by atoms with Crippen molar-refractivity contribution in [2.24, 2.45) is 0 Å². The number of aromatic nitrogens is 2. The van der Waals surface area contributed by atoms with Crippen LogP contribution in [0.25, 0.3) is 0 Å². The van der Waals surface area contributed by atoms with Crippen LogP contribution in [0.1, 0.15) is 85.9 Å². The van der Waals surface area contributed by atoms with E-state index in [0.29, 0.717) is 29.0 Å². The second kappa shape index (κ2) is 11.3. The maximum absolute atomic E-state index is 12.9. The SMILES string of the molecule is C=C(Nc1ccc(C2CCN(C(C)C)CC2)cn1)Nc1c(C=N)cc(C(=O)N(C)C)n1C1CCCC1. The van der Waals surface area contributed by atoms with Crippen LogP contribution in [0.3, 0.4) is 0 Å². The van der Waals surface area contributed by atoms with Crippen LogP contribution in [0.4, 0.5) is 11.6 Å². The Morgan fingerprint density at radius 2 is 1.86 bits per heavy atom. The van der Waals surface area contributed by atoms with Gasteiger partial charge in [0.05, 0.1) is 0 Å². The van der Waals surface area contributed by atoms with Crippen molar-refractivity contribution < 1.29 is 4.79 Å². The monoisotopic (exact) mass is 491 g/mol. The number of anilines is 2. The average molecular weight is 492 g/mol. The van der Waals surface area contributed by atoms with E-state index in [0.717, 1.165) is 50.4 Å². The molecule has 2 aromatic heterocycles. The van der Waals surface area contributed by atoms with Crippen molar-refractivity contribution in [2.75, 3.05) is 37.8 Å². The summed E-state index contributed by atoms with van der Waals surface area (Å²) in [7, 11) is 3.52. The predicted octanol–water partition coefficient (Wildman–Crippen LogP) is 5.28. The fraction of sp³-hybridized carbons (Fsp3) is 0.536. The van der Waals surface area contributed by atoms with Crippen LogP contribution in [-0.4, -0.2) is 64.7 Å². The number of rotatable bonds is 9. The van der Waals surface area contributed by atoms with E-state index < -0.39 is 0 Å². The van der Waals surface area contributed by atoms with E-state index >= 15 is 0 Å². The highest BCUT2D eigenvalue weighted by atomic mass is 16.2. The lowest BCUT2D eigenvalue weighted by atomic mass is 9.90. The molecule has 1 saturated heterocycles. The topological polar surface area (TPSA) is 89.3 Å². The molecule has 3 N–H and O–H groups in total. The lowest BCUT2D eigenvalue weighted by Crippen LogP contribution is -2.37. The van der Waals surface area contributed by atoms with Crippen molar-refractivity contribution in [1.29, 1.82) is 5.41 Å². The van der Waals surface area contributed by atoms with Crippen molar-refractivity contribution in [3.63, 3.8) is 0 Å². The van der Waals surface area contributed by atoms with Crippen LogP contribution in [0.15, 0.2) is 36.8 Å². The summed E-state index contributed by atoms with van der Waals surface area (Å²) in [5.74, 6) is 2.50. The van der Waals surface area contributed by atoms with Gasteiger partial charge in [0.2, 0.25) is 0 Å². The van der Waals surface area contributed by atoms with Crippen molar-refractivity contribution in [2.45, 2.75) is 70.4 Å². The average Bonchev–Trinajstić information content (AvgIpc) is 3.52. The van der Waals surface area contributed by atoms with Crippen LogP contribution in [0.2, 0.25) is 0 Å². The second-order valence-corrected chi connectivity index (χ2v) is 10.6. The molecule has 4 rings (SSSR count). The zero-order chi connectivity index (χ0) is 25.8. The Kier molecular flexibility index (Phi) is 8.14. The Morgan fingerprint density at radius 1 is 1.17 bits per heavy atom. The lowest BCUT2D eigenvalue weighted by Gasteiger charge is -2.34. The van der Waals surface area contributed by atoms with E-state index in [1.165, 1.54) is 24.6 Å². The zero-order valence-corrected chi connectivity index (χ0v) is 22.2. The summed E-state index contributed by atoms with van der Waals surface area (Å²) in [6.07, 6.45) is 9.93. The summed E-state index contributed by atoms with van der Waals surface area (Å²) >= 11 is 0. The van der Waals surface area contributed by atoms with Crippen LogP contribution in [0, 0.1) is 5.41 Å². The Hall–Kier alpha value is -3.13. The predicted molar refractivity (Wildman–Crippen MR) is 147 cm³/mol. The van der Waals surface area contributed by atoms with Crippen molar-refractivity contribution in [3.05, 3.63) is 53.6 Å². The number of pyridine rings is 1. The van der Waals surface area contributed by atoms with E-state index in [2.05, 4.69) is 51.6 Å². The minimum Gasteiger partial charge on any atom is -0.343 e. The van der Waals surface area contributed by atoms with Crippen molar-refractivity contribution in [3.8, 4) is 0 Å². The van der Waals surface area contributed by atoms with Crippen LogP contribution >= 0.6 is 0 Å². The first-order valence-corrected chi connectivity index (χ1v) is 13.2. The number of nitrogens with one attached hydrogen (secondary N) is 3. The molecule has 1 amide bonds. The Bertz CT molecular complexity index is 1070. The first kappa shape index (κ1) is 25.9. The van der Waals surface area contributed by atoms with Crippen molar-refractivity contribution in [1.82, 2.24) is 19.4 Å². The molecule has 1 aliphatic heterocycles. The molecule has 1 saturated carbocycles. The largest absolute Gasteiger partial charge is 0.343 e. The second-order valence-electron chi connectivity index (χ2n) is 10.6. The highest BCUT2D eigenvalue weighted by molar-refractivity contribution is 5.98. The lowest BCUT2D eigenvalue weighted by molar-refractivity contribution is 0.0815. The molecule has 2 aromatic rings. The number of hydrogen-bond donors (Lipinski definition) is 3. The molecule has 8 heteroatoms. The molecular weight excluding hydrogens is 450 g/mol. The summed E-state index contributed by atoms with van der Waals surface area (Å²) in [6.45, 7) is 11.0. The molecule has 0 bridgehead atoms. The molecule has 36 heavy (non-hydrogen) atoms. The fourth-order valence-corrected chi connectivity index (χ4v) is 5.52. The third-order valence-electron chi connectivity index (χ3n) is 7.60. The van der Waals surface area contributed by atoms with Gasteiger partial charge < -0.3 is 30.4 Å². The number of amides is 1. The van der Waals surface area contributed by atoms with Gasteiger partial charge in [0, 0.05) is 44.2 Å². The summed E-state index contributed by atoms with van der Waals surface area (Å²) in [5.41, 5.74) is 2.56. The van der Waals surface area contributed by atoms with E-state index in [1.807, 2.05) is 12.3 Å². The standard InChI is InChI=1S/C28H41N7O/c1-19(2)34-14-12-21(13-15-34)22-10-11-26(30-18-22)31-20(3)32-27-23(17-29)16-25(28(36)33(4)5)35(27)24-8-6-7-9-24/h10-11,16-19,21,24,29,32H,3,6-9,12-15H2,1-2,4-5H3,(H,30,31). The van der Waals surface area contributed by atoms with Gasteiger partial charge in [-0.1, -0.05) is 25.5 Å². The van der Waals surface area contributed by atoms with Gasteiger partial charge in [0.25, 0.3) is 5.91 Å². The van der Waals surface area contributed by atoms with Gasteiger partial charge in [-0.2, -0.15) is 0 Å². The van der Waals surface area contributed by atoms with Gasteiger partial charge in [-0.15, -0.1) is 0 Å². The molecule has 8 nitrogen and oxygen atoms in total. The molecule has 0 unspecified atom stereocenters. The third-order valence-corrected chi connectivity index (χ3v) is 7.60. The number of hydrogen-bond acceptors (Lipinski definition) is 6. The van der Waals surface area contributed by atoms with E-state index in [-0.39, 0.29) is 11.9 Å². The molecule has 0 atom stereocenters. The maximum Gasteiger partial charge on any atom is 0.270 e. The number of likely N-dealkylation sites (tertiary alicyclic amines) is 1. The van der Waals surface area contributed by atoms with Gasteiger partial charge in [0.15, 0.2) is 0 Å². The molecule has 2 fully saturated rings. The molecule has 194 valence electrons. The molecule has 3 heterocycles. The Labute approximate surface area is 215 Å². The summed E-state index contributed by atoms with van der Waals surface area (Å²) in [6, 6.07) is 6.81. The van der Waals surface area contributed by atoms with E-state index in [9.17, 15) is 4.79 Å². The zero-order valence-electron chi connectivity index (χ0n) is 22.2. The maximum atomic E-state index is 12.9. The number of carbonyl (C=O) groups excluding carboxylic acids is 1. The van der Waals surface area contributed by atoms with Crippen LogP contribution < -0.4 is 10.6 Å². The summed E-state index contributed by atoms with van der Waals surface area (Å²) in [4.78, 5) is 21.7. The fourth-order valence-electron chi connectivity index (χ4n) is 5.52.